The maximum Gasteiger partial charge on any atom is 0.225 e. The van der Waals surface area contributed by atoms with Gasteiger partial charge < -0.3 is 15.4 Å². The molecule has 1 saturated heterocycles. The number of oxime groups is 1. The molecule has 0 bridgehead atoms. The SMILES string of the molecule is CCc1cnc(N2CCC(CNc3ccc(-c4ccc(/C=N/O)cc4F)cc3F)CC2)nc1. The van der Waals surface area contributed by atoms with Crippen molar-refractivity contribution in [2.45, 2.75) is 26.2 Å². The fourth-order valence-corrected chi connectivity index (χ4v) is 4.02. The minimum atomic E-state index is -0.507. The van der Waals surface area contributed by atoms with Crippen LogP contribution in [0.5, 0.6) is 0 Å². The molecule has 0 aliphatic carbocycles. The van der Waals surface area contributed by atoms with Crippen molar-refractivity contribution >= 4 is 17.9 Å². The lowest BCUT2D eigenvalue weighted by atomic mass is 9.96. The summed E-state index contributed by atoms with van der Waals surface area (Å²) in [6.45, 7) is 4.49. The maximum absolute atomic E-state index is 14.7. The highest BCUT2D eigenvalue weighted by atomic mass is 19.1. The quantitative estimate of drug-likeness (QED) is 0.296. The second-order valence-corrected chi connectivity index (χ2v) is 8.23. The van der Waals surface area contributed by atoms with Gasteiger partial charge in [-0.15, -0.1) is 0 Å². The number of aromatic nitrogens is 2. The Morgan fingerprint density at radius 3 is 2.48 bits per heavy atom. The molecule has 2 N–H and O–H groups in total. The van der Waals surface area contributed by atoms with Crippen LogP contribution in [0.4, 0.5) is 20.4 Å². The monoisotopic (exact) mass is 451 g/mol. The number of anilines is 2. The number of benzene rings is 2. The molecule has 1 aromatic heterocycles. The Kier molecular flexibility index (Phi) is 7.12. The fourth-order valence-electron chi connectivity index (χ4n) is 4.02. The van der Waals surface area contributed by atoms with E-state index in [2.05, 4.69) is 32.3 Å². The molecule has 1 aliphatic rings. The first kappa shape index (κ1) is 22.6. The van der Waals surface area contributed by atoms with E-state index in [0.29, 0.717) is 29.3 Å². The normalized spacial score (nSPS) is 14.7. The van der Waals surface area contributed by atoms with Gasteiger partial charge in [-0.1, -0.05) is 30.3 Å². The van der Waals surface area contributed by atoms with Gasteiger partial charge in [-0.05, 0) is 60.1 Å². The third kappa shape index (κ3) is 5.45. The van der Waals surface area contributed by atoms with E-state index >= 15 is 0 Å². The van der Waals surface area contributed by atoms with Crippen LogP contribution in [-0.2, 0) is 6.42 Å². The van der Waals surface area contributed by atoms with Crippen LogP contribution in [0, 0.1) is 17.6 Å². The zero-order valence-corrected chi connectivity index (χ0v) is 18.5. The van der Waals surface area contributed by atoms with E-state index in [0.717, 1.165) is 50.1 Å². The molecule has 0 spiro atoms. The molecule has 3 aromatic rings. The molecular weight excluding hydrogens is 424 g/mol. The summed E-state index contributed by atoms with van der Waals surface area (Å²) >= 11 is 0. The van der Waals surface area contributed by atoms with Gasteiger partial charge in [0.15, 0.2) is 0 Å². The zero-order valence-electron chi connectivity index (χ0n) is 18.5. The standard InChI is InChI=1S/C25H27F2N5O/c1-2-17-13-29-25(30-14-17)32-9-7-18(8-10-32)15-28-24-6-4-20(12-23(24)27)21-5-3-19(16-31-33)11-22(21)26/h3-6,11-14,16,18,28,33H,2,7-10,15H2,1H3/b31-16+. The van der Waals surface area contributed by atoms with Gasteiger partial charge in [0.1, 0.15) is 11.6 Å². The van der Waals surface area contributed by atoms with Crippen LogP contribution in [0.1, 0.15) is 30.9 Å². The predicted octanol–water partition coefficient (Wildman–Crippen LogP) is 5.12. The van der Waals surface area contributed by atoms with Crippen LogP contribution in [0.15, 0.2) is 53.9 Å². The summed E-state index contributed by atoms with van der Waals surface area (Å²) in [5.41, 5.74) is 2.70. The van der Waals surface area contributed by atoms with Gasteiger partial charge in [0.2, 0.25) is 5.95 Å². The molecule has 4 rings (SSSR count). The topological polar surface area (TPSA) is 73.6 Å². The van der Waals surface area contributed by atoms with Gasteiger partial charge in [0, 0.05) is 37.6 Å². The van der Waals surface area contributed by atoms with Crippen molar-refractivity contribution in [3.05, 3.63) is 71.6 Å². The Labute approximate surface area is 192 Å². The minimum absolute atomic E-state index is 0.289. The minimum Gasteiger partial charge on any atom is -0.411 e. The molecule has 0 unspecified atom stereocenters. The van der Waals surface area contributed by atoms with Gasteiger partial charge in [0.05, 0.1) is 11.9 Å². The fraction of sp³-hybridized carbons (Fsp3) is 0.320. The van der Waals surface area contributed by atoms with Crippen molar-refractivity contribution in [3.63, 3.8) is 0 Å². The maximum atomic E-state index is 14.7. The van der Waals surface area contributed by atoms with Gasteiger partial charge in [-0.25, -0.2) is 18.7 Å². The summed E-state index contributed by atoms with van der Waals surface area (Å²) in [6, 6.07) is 9.07. The predicted molar refractivity (Wildman–Crippen MR) is 126 cm³/mol. The number of hydrogen-bond donors (Lipinski definition) is 2. The van der Waals surface area contributed by atoms with E-state index in [1.807, 2.05) is 12.4 Å². The molecule has 1 aliphatic heterocycles. The van der Waals surface area contributed by atoms with Gasteiger partial charge in [-0.3, -0.25) is 0 Å². The number of aryl methyl sites for hydroxylation is 1. The largest absolute Gasteiger partial charge is 0.411 e. The van der Waals surface area contributed by atoms with Crippen LogP contribution in [0.3, 0.4) is 0 Å². The lowest BCUT2D eigenvalue weighted by molar-refractivity contribution is 0.322. The Morgan fingerprint density at radius 2 is 1.85 bits per heavy atom. The lowest BCUT2D eigenvalue weighted by Gasteiger charge is -2.32. The van der Waals surface area contributed by atoms with E-state index in [9.17, 15) is 8.78 Å². The van der Waals surface area contributed by atoms with Crippen LogP contribution >= 0.6 is 0 Å². The summed E-state index contributed by atoms with van der Waals surface area (Å²) in [6.07, 6.45) is 7.77. The zero-order chi connectivity index (χ0) is 23.2. The molecule has 1 fully saturated rings. The smallest absolute Gasteiger partial charge is 0.225 e. The third-order valence-electron chi connectivity index (χ3n) is 6.06. The highest BCUT2D eigenvalue weighted by molar-refractivity contribution is 5.81. The van der Waals surface area contributed by atoms with Gasteiger partial charge in [0.25, 0.3) is 0 Å². The second-order valence-electron chi connectivity index (χ2n) is 8.23. The first-order valence-corrected chi connectivity index (χ1v) is 11.1. The second kappa shape index (κ2) is 10.4. The van der Waals surface area contributed by atoms with E-state index in [-0.39, 0.29) is 5.56 Å². The van der Waals surface area contributed by atoms with E-state index in [4.69, 9.17) is 5.21 Å². The van der Waals surface area contributed by atoms with Gasteiger partial charge >= 0.3 is 0 Å². The molecule has 2 heterocycles. The molecule has 8 heteroatoms. The Morgan fingerprint density at radius 1 is 1.09 bits per heavy atom. The van der Waals surface area contributed by atoms with Crippen molar-refractivity contribution in [2.24, 2.45) is 11.1 Å². The van der Waals surface area contributed by atoms with Crippen LogP contribution in [0.2, 0.25) is 0 Å². The number of rotatable bonds is 7. The first-order chi connectivity index (χ1) is 16.1. The average molecular weight is 452 g/mol. The number of halogens is 2. The molecule has 33 heavy (non-hydrogen) atoms. The summed E-state index contributed by atoms with van der Waals surface area (Å²) in [5.74, 6) is 0.264. The number of hydrogen-bond acceptors (Lipinski definition) is 6. The Hall–Kier alpha value is -3.55. The van der Waals surface area contributed by atoms with E-state index in [1.165, 1.54) is 12.1 Å². The third-order valence-corrected chi connectivity index (χ3v) is 6.06. The van der Waals surface area contributed by atoms with Crippen molar-refractivity contribution in [1.82, 2.24) is 9.97 Å². The average Bonchev–Trinajstić information content (AvgIpc) is 2.84. The molecule has 0 atom stereocenters. The Balaban J connectivity index is 1.33. The lowest BCUT2D eigenvalue weighted by Crippen LogP contribution is -2.36. The van der Waals surface area contributed by atoms with E-state index < -0.39 is 11.6 Å². The number of nitrogens with one attached hydrogen (secondary N) is 1. The van der Waals surface area contributed by atoms with Crippen molar-refractivity contribution < 1.29 is 14.0 Å². The summed E-state index contributed by atoms with van der Waals surface area (Å²) < 4.78 is 29.1. The van der Waals surface area contributed by atoms with E-state index in [1.54, 1.807) is 24.3 Å². The summed E-state index contributed by atoms with van der Waals surface area (Å²) in [7, 11) is 0. The first-order valence-electron chi connectivity index (χ1n) is 11.1. The van der Waals surface area contributed by atoms with Crippen LogP contribution < -0.4 is 10.2 Å². The van der Waals surface area contributed by atoms with Crippen molar-refractivity contribution in [2.75, 3.05) is 29.9 Å². The van der Waals surface area contributed by atoms with Crippen LogP contribution in [-0.4, -0.2) is 41.0 Å². The highest BCUT2D eigenvalue weighted by Gasteiger charge is 2.21. The molecule has 2 aromatic carbocycles. The molecular formula is C25H27F2N5O. The Bertz CT molecular complexity index is 1110. The van der Waals surface area contributed by atoms with Gasteiger partial charge in [-0.2, -0.15) is 0 Å². The molecule has 0 amide bonds. The summed E-state index contributed by atoms with van der Waals surface area (Å²) in [4.78, 5) is 11.1. The number of piperidine rings is 1. The van der Waals surface area contributed by atoms with Crippen LogP contribution in [0.25, 0.3) is 11.1 Å². The molecule has 0 saturated carbocycles. The summed E-state index contributed by atoms with van der Waals surface area (Å²) in [5, 5.41) is 14.7. The molecule has 6 nitrogen and oxygen atoms in total. The van der Waals surface area contributed by atoms with Crippen molar-refractivity contribution in [3.8, 4) is 11.1 Å². The molecule has 0 radical (unpaired) electrons. The molecule has 172 valence electrons. The highest BCUT2D eigenvalue weighted by Crippen LogP contribution is 2.28. The number of nitrogens with zero attached hydrogens (tertiary/aromatic N) is 4. The van der Waals surface area contributed by atoms with Crippen molar-refractivity contribution in [1.29, 1.82) is 0 Å².